The number of carboxylic acids is 1. The van der Waals surface area contributed by atoms with Crippen LogP contribution in [0.1, 0.15) is 40.4 Å². The number of fused-ring (bicyclic) bond motifs is 1. The van der Waals surface area contributed by atoms with Crippen LogP contribution in [0.2, 0.25) is 5.15 Å². The Balaban J connectivity index is 1.66. The average Bonchev–Trinajstić information content (AvgIpc) is 3.21. The van der Waals surface area contributed by atoms with Gasteiger partial charge < -0.3 is 25.5 Å². The standard InChI is InChI=1S/C27H27ClN6O3/c1-15-11-31-21(16(2)23(15)37-4)14-34-13-20(22-24(28)32-27(29)33-25(22)34)10-9-18-5-7-19(8-6-18)12-30-17(3)26(35)36/h5-8,11,13,17,30H,12,14H2,1-4H3,(H,35,36)(H2,29,32,33)/t17-/m0/s1. The molecule has 4 N–H and O–H groups in total. The zero-order chi connectivity index (χ0) is 26.7. The molecule has 0 spiro atoms. The fraction of sp³-hybridized carbons (Fsp3) is 0.259. The van der Waals surface area contributed by atoms with Gasteiger partial charge in [-0.25, -0.2) is 4.98 Å². The van der Waals surface area contributed by atoms with Crippen LogP contribution < -0.4 is 15.8 Å². The van der Waals surface area contributed by atoms with Crippen LogP contribution in [0.3, 0.4) is 0 Å². The largest absolute Gasteiger partial charge is 0.496 e. The fourth-order valence-corrected chi connectivity index (χ4v) is 4.24. The summed E-state index contributed by atoms with van der Waals surface area (Å²) in [5.41, 5.74) is 11.6. The van der Waals surface area contributed by atoms with E-state index in [1.807, 2.05) is 48.9 Å². The SMILES string of the molecule is COc1c(C)cnc(Cn2cc(C#Cc3ccc(CN[C@@H](C)C(=O)O)cc3)c3c(Cl)nc(N)nc32)c1C. The first-order chi connectivity index (χ1) is 17.7. The van der Waals surface area contributed by atoms with Crippen LogP contribution in [-0.4, -0.2) is 43.7 Å². The van der Waals surface area contributed by atoms with Gasteiger partial charge in [-0.3, -0.25) is 9.78 Å². The van der Waals surface area contributed by atoms with E-state index in [-0.39, 0.29) is 11.1 Å². The lowest BCUT2D eigenvalue weighted by Crippen LogP contribution is -2.33. The number of hydrogen-bond donors (Lipinski definition) is 3. The molecule has 0 aliphatic heterocycles. The highest BCUT2D eigenvalue weighted by molar-refractivity contribution is 6.34. The number of rotatable bonds is 7. The Bertz CT molecular complexity index is 1540. The summed E-state index contributed by atoms with van der Waals surface area (Å²) in [6.07, 6.45) is 3.65. The summed E-state index contributed by atoms with van der Waals surface area (Å²) in [6.45, 7) is 6.39. The Labute approximate surface area is 219 Å². The minimum absolute atomic E-state index is 0.0731. The van der Waals surface area contributed by atoms with Crippen molar-refractivity contribution in [1.29, 1.82) is 0 Å². The molecule has 0 aliphatic carbocycles. The third-order valence-corrected chi connectivity index (χ3v) is 6.31. The van der Waals surface area contributed by atoms with Crippen LogP contribution in [0.25, 0.3) is 11.0 Å². The second kappa shape index (κ2) is 10.9. The Morgan fingerprint density at radius 1 is 1.24 bits per heavy atom. The van der Waals surface area contributed by atoms with Gasteiger partial charge in [0.25, 0.3) is 0 Å². The number of pyridine rings is 1. The van der Waals surface area contributed by atoms with Gasteiger partial charge in [-0.1, -0.05) is 35.6 Å². The van der Waals surface area contributed by atoms with Gasteiger partial charge in [-0.2, -0.15) is 4.98 Å². The van der Waals surface area contributed by atoms with Gasteiger partial charge in [0, 0.05) is 35.6 Å². The highest BCUT2D eigenvalue weighted by Gasteiger charge is 2.17. The third kappa shape index (κ3) is 5.66. The number of carbonyl (C=O) groups is 1. The maximum atomic E-state index is 11.0. The van der Waals surface area contributed by atoms with E-state index in [9.17, 15) is 4.79 Å². The van der Waals surface area contributed by atoms with Crippen LogP contribution in [0.4, 0.5) is 5.95 Å². The summed E-state index contributed by atoms with van der Waals surface area (Å²) in [4.78, 5) is 24.1. The van der Waals surface area contributed by atoms with Crippen molar-refractivity contribution >= 4 is 34.6 Å². The van der Waals surface area contributed by atoms with E-state index in [1.54, 1.807) is 20.2 Å². The molecular formula is C27H27ClN6O3. The lowest BCUT2D eigenvalue weighted by molar-refractivity contribution is -0.139. The molecule has 190 valence electrons. The number of nitrogens with zero attached hydrogens (tertiary/aromatic N) is 4. The number of methoxy groups -OCH3 is 1. The molecule has 3 heterocycles. The summed E-state index contributed by atoms with van der Waals surface area (Å²) in [6, 6.07) is 6.96. The van der Waals surface area contributed by atoms with Gasteiger partial charge >= 0.3 is 5.97 Å². The molecule has 0 fully saturated rings. The summed E-state index contributed by atoms with van der Waals surface area (Å²) < 4.78 is 7.46. The van der Waals surface area contributed by atoms with E-state index in [0.29, 0.717) is 29.7 Å². The number of anilines is 1. The molecule has 4 rings (SSSR count). The van der Waals surface area contributed by atoms with Gasteiger partial charge in [0.15, 0.2) is 0 Å². The molecule has 0 aliphatic rings. The Kier molecular flexibility index (Phi) is 7.62. The van der Waals surface area contributed by atoms with Crippen LogP contribution in [0.5, 0.6) is 5.75 Å². The van der Waals surface area contributed by atoms with Gasteiger partial charge in [-0.15, -0.1) is 0 Å². The van der Waals surface area contributed by atoms with E-state index < -0.39 is 12.0 Å². The van der Waals surface area contributed by atoms with Crippen molar-refractivity contribution < 1.29 is 14.6 Å². The number of aromatic nitrogens is 4. The fourth-order valence-electron chi connectivity index (χ4n) is 3.97. The lowest BCUT2D eigenvalue weighted by atomic mass is 10.1. The average molecular weight is 519 g/mol. The van der Waals surface area contributed by atoms with Crippen molar-refractivity contribution in [3.05, 3.63) is 75.3 Å². The van der Waals surface area contributed by atoms with Gasteiger partial charge in [0.1, 0.15) is 22.6 Å². The number of nitrogens with two attached hydrogens (primary N) is 1. The van der Waals surface area contributed by atoms with E-state index in [4.69, 9.17) is 27.2 Å². The predicted octanol–water partition coefficient (Wildman–Crippen LogP) is 3.70. The lowest BCUT2D eigenvalue weighted by Gasteiger charge is -2.13. The molecule has 37 heavy (non-hydrogen) atoms. The summed E-state index contributed by atoms with van der Waals surface area (Å²) in [5, 5.41) is 12.8. The number of aliphatic carboxylic acids is 1. The predicted molar refractivity (Wildman–Crippen MR) is 143 cm³/mol. The topological polar surface area (TPSA) is 128 Å². The summed E-state index contributed by atoms with van der Waals surface area (Å²) in [5.74, 6) is 6.33. The molecule has 0 saturated heterocycles. The Morgan fingerprint density at radius 2 is 1.97 bits per heavy atom. The molecular weight excluding hydrogens is 492 g/mol. The molecule has 0 bridgehead atoms. The van der Waals surface area contributed by atoms with E-state index in [1.165, 1.54) is 0 Å². The second-order valence-electron chi connectivity index (χ2n) is 8.68. The Morgan fingerprint density at radius 3 is 2.65 bits per heavy atom. The molecule has 1 atom stereocenters. The zero-order valence-electron chi connectivity index (χ0n) is 21.0. The highest BCUT2D eigenvalue weighted by atomic mass is 35.5. The third-order valence-electron chi connectivity index (χ3n) is 6.04. The van der Waals surface area contributed by atoms with Crippen LogP contribution >= 0.6 is 11.6 Å². The number of benzene rings is 1. The molecule has 9 nitrogen and oxygen atoms in total. The van der Waals surface area contributed by atoms with Crippen LogP contribution in [0, 0.1) is 25.7 Å². The number of ether oxygens (including phenoxy) is 1. The number of carboxylic acid groups (broad SMARTS) is 1. The van der Waals surface area contributed by atoms with Crippen molar-refractivity contribution in [3.63, 3.8) is 0 Å². The first kappa shape index (κ1) is 25.9. The highest BCUT2D eigenvalue weighted by Crippen LogP contribution is 2.29. The number of nitrogen functional groups attached to an aromatic ring is 1. The minimum atomic E-state index is -0.890. The molecule has 0 saturated carbocycles. The number of nitrogens with one attached hydrogen (secondary N) is 1. The van der Waals surface area contributed by atoms with Crippen LogP contribution in [0.15, 0.2) is 36.7 Å². The van der Waals surface area contributed by atoms with Gasteiger partial charge in [0.05, 0.1) is 30.3 Å². The smallest absolute Gasteiger partial charge is 0.320 e. The molecule has 0 amide bonds. The first-order valence-corrected chi connectivity index (χ1v) is 11.9. The number of aryl methyl sites for hydroxylation is 1. The number of halogens is 1. The van der Waals surface area contributed by atoms with Crippen molar-refractivity contribution in [2.24, 2.45) is 0 Å². The van der Waals surface area contributed by atoms with Gasteiger partial charge in [0.2, 0.25) is 5.95 Å². The van der Waals surface area contributed by atoms with Crippen LogP contribution in [-0.2, 0) is 17.9 Å². The molecule has 10 heteroatoms. The molecule has 4 aromatic rings. The second-order valence-corrected chi connectivity index (χ2v) is 9.03. The molecule has 0 radical (unpaired) electrons. The molecule has 0 unspecified atom stereocenters. The van der Waals surface area contributed by atoms with Crippen molar-refractivity contribution in [3.8, 4) is 17.6 Å². The van der Waals surface area contributed by atoms with Crippen molar-refractivity contribution in [1.82, 2.24) is 24.8 Å². The molecule has 3 aromatic heterocycles. The monoisotopic (exact) mass is 518 g/mol. The minimum Gasteiger partial charge on any atom is -0.496 e. The van der Waals surface area contributed by atoms with E-state index in [2.05, 4.69) is 32.1 Å². The quantitative estimate of drug-likeness (QED) is 0.249. The van der Waals surface area contributed by atoms with E-state index in [0.717, 1.165) is 33.7 Å². The van der Waals surface area contributed by atoms with Crippen molar-refractivity contribution in [2.45, 2.75) is 39.9 Å². The Hall–Kier alpha value is -4.13. The number of hydrogen-bond acceptors (Lipinski definition) is 7. The summed E-state index contributed by atoms with van der Waals surface area (Å²) in [7, 11) is 1.64. The van der Waals surface area contributed by atoms with E-state index >= 15 is 0 Å². The maximum Gasteiger partial charge on any atom is 0.320 e. The summed E-state index contributed by atoms with van der Waals surface area (Å²) >= 11 is 6.47. The maximum absolute atomic E-state index is 11.0. The molecule has 1 aromatic carbocycles. The normalized spacial score (nSPS) is 11.7. The first-order valence-electron chi connectivity index (χ1n) is 11.6. The zero-order valence-corrected chi connectivity index (χ0v) is 21.7. The van der Waals surface area contributed by atoms with Gasteiger partial charge in [-0.05, 0) is 38.5 Å². The van der Waals surface area contributed by atoms with Crippen molar-refractivity contribution in [2.75, 3.05) is 12.8 Å².